The van der Waals surface area contributed by atoms with Gasteiger partial charge in [0, 0.05) is 15.3 Å². The highest BCUT2D eigenvalue weighted by Gasteiger charge is 1.17. The molecule has 0 rings (SSSR count). The van der Waals surface area contributed by atoms with Gasteiger partial charge >= 0.3 is 0 Å². The molecule has 0 saturated heterocycles. The van der Waals surface area contributed by atoms with Crippen LogP contribution >= 0.6 is 0 Å². The Labute approximate surface area is 46.7 Å². The number of nitriles is 1. The SMILES string of the molecule is CC#N.F.F.F.F.[B]. The van der Waals surface area contributed by atoms with E-state index in [9.17, 15) is 0 Å². The summed E-state index contributed by atoms with van der Waals surface area (Å²) in [6.07, 6.45) is 0. The molecule has 8 heavy (non-hydrogen) atoms. The predicted molar refractivity (Wildman–Crippen MR) is 27.1 cm³/mol. The van der Waals surface area contributed by atoms with Gasteiger partial charge in [0.2, 0.25) is 0 Å². The maximum Gasteiger partial charge on any atom is 0.0587 e. The standard InChI is InChI=1S/C2H3N.B.4FH/c1-2-3;;;;;/h1H3;;4*1H. The van der Waals surface area contributed by atoms with E-state index < -0.39 is 0 Å². The lowest BCUT2D eigenvalue weighted by Crippen LogP contribution is -1.10. The van der Waals surface area contributed by atoms with Crippen LogP contribution in [0, 0.1) is 11.3 Å². The second kappa shape index (κ2) is 2310. The van der Waals surface area contributed by atoms with Crippen LogP contribution < -0.4 is 0 Å². The molecular weight excluding hydrogens is 125 g/mol. The summed E-state index contributed by atoms with van der Waals surface area (Å²) in [7, 11) is 0. The van der Waals surface area contributed by atoms with Crippen molar-refractivity contribution in [1.82, 2.24) is 0 Å². The lowest BCUT2D eigenvalue weighted by molar-refractivity contribution is 1.11. The van der Waals surface area contributed by atoms with Crippen LogP contribution in [0.3, 0.4) is 0 Å². The quantitative estimate of drug-likeness (QED) is 0.352. The van der Waals surface area contributed by atoms with Crippen molar-refractivity contribution < 1.29 is 18.8 Å². The summed E-state index contributed by atoms with van der Waals surface area (Å²) < 4.78 is 0. The van der Waals surface area contributed by atoms with Gasteiger partial charge in [-0.1, -0.05) is 0 Å². The Bertz CT molecular complexity index is 35.5. The van der Waals surface area contributed by atoms with Crippen LogP contribution in [-0.2, 0) is 0 Å². The van der Waals surface area contributed by atoms with Gasteiger partial charge in [0.15, 0.2) is 0 Å². The lowest BCUT2D eigenvalue weighted by atomic mass is 10.8. The van der Waals surface area contributed by atoms with Crippen molar-refractivity contribution in [3.63, 3.8) is 0 Å². The van der Waals surface area contributed by atoms with Crippen molar-refractivity contribution in [3.8, 4) is 6.07 Å². The monoisotopic (exact) mass is 132 g/mol. The Morgan fingerprint density at radius 3 is 1.00 bits per heavy atom. The van der Waals surface area contributed by atoms with E-state index in [0.29, 0.717) is 0 Å². The minimum atomic E-state index is 0. The molecule has 0 fully saturated rings. The van der Waals surface area contributed by atoms with Gasteiger partial charge in [-0.15, -0.1) is 0 Å². The van der Waals surface area contributed by atoms with Crippen molar-refractivity contribution in [2.24, 2.45) is 0 Å². The van der Waals surface area contributed by atoms with Crippen LogP contribution in [0.15, 0.2) is 0 Å². The second-order valence-electron chi connectivity index (χ2n) is 0.224. The molecule has 0 aromatic rings. The minimum Gasteiger partial charge on any atom is -0.269 e. The highest BCUT2D eigenvalue weighted by atomic mass is 19.0. The highest BCUT2D eigenvalue weighted by molar-refractivity contribution is 5.75. The van der Waals surface area contributed by atoms with Gasteiger partial charge in [0.05, 0.1) is 6.07 Å². The second-order valence-corrected chi connectivity index (χ2v) is 0.224. The molecular formula is C2H7BF4N. The predicted octanol–water partition coefficient (Wildman–Crippen LogP) is 0.759. The van der Waals surface area contributed by atoms with Crippen LogP contribution in [-0.4, -0.2) is 8.41 Å². The molecule has 0 aliphatic carbocycles. The van der Waals surface area contributed by atoms with Crippen molar-refractivity contribution in [2.45, 2.75) is 6.92 Å². The molecule has 3 radical (unpaired) electrons. The third-order valence-electron chi connectivity index (χ3n) is 0. The lowest BCUT2D eigenvalue weighted by Gasteiger charge is -1.15. The first-order valence-corrected chi connectivity index (χ1v) is 0.724. The Morgan fingerprint density at radius 1 is 1.00 bits per heavy atom. The Morgan fingerprint density at radius 2 is 1.00 bits per heavy atom. The van der Waals surface area contributed by atoms with Crippen molar-refractivity contribution in [3.05, 3.63) is 0 Å². The van der Waals surface area contributed by atoms with E-state index in [1.165, 1.54) is 6.92 Å². The normalized spacial score (nSPS) is 1.00. The van der Waals surface area contributed by atoms with E-state index in [0.717, 1.165) is 0 Å². The van der Waals surface area contributed by atoms with Crippen molar-refractivity contribution in [2.75, 3.05) is 0 Å². The van der Waals surface area contributed by atoms with Crippen LogP contribution in [0.2, 0.25) is 0 Å². The summed E-state index contributed by atoms with van der Waals surface area (Å²) in [6.45, 7) is 1.43. The molecule has 1 nitrogen and oxygen atoms in total. The number of rotatable bonds is 0. The molecule has 0 aromatic heterocycles. The summed E-state index contributed by atoms with van der Waals surface area (Å²) in [5, 5.41) is 7.32. The molecule has 51 valence electrons. The zero-order valence-electron chi connectivity index (χ0n) is 4.16. The molecule has 0 unspecified atom stereocenters. The summed E-state index contributed by atoms with van der Waals surface area (Å²) >= 11 is 0. The van der Waals surface area contributed by atoms with E-state index in [4.69, 9.17) is 5.26 Å². The van der Waals surface area contributed by atoms with E-state index in [2.05, 4.69) is 0 Å². The fourth-order valence-corrected chi connectivity index (χ4v) is 0. The molecule has 6 heteroatoms. The molecule has 0 aromatic carbocycles. The molecule has 0 atom stereocenters. The van der Waals surface area contributed by atoms with E-state index >= 15 is 0 Å². The molecule has 0 amide bonds. The topological polar surface area (TPSA) is 23.8 Å². The molecule has 0 spiro atoms. The number of halogens is 4. The van der Waals surface area contributed by atoms with E-state index in [1.807, 2.05) is 0 Å². The maximum absolute atomic E-state index is 7.32. The number of hydrogen-bond donors (Lipinski definition) is 0. The summed E-state index contributed by atoms with van der Waals surface area (Å²) in [5.74, 6) is 0. The first-order chi connectivity index (χ1) is 1.41. The fourth-order valence-electron chi connectivity index (χ4n) is 0. The van der Waals surface area contributed by atoms with Gasteiger partial charge < -0.3 is 0 Å². The van der Waals surface area contributed by atoms with Crippen LogP contribution in [0.1, 0.15) is 6.92 Å². The number of hydrogen-bond acceptors (Lipinski definition) is 1. The molecule has 0 aliphatic rings. The zero-order chi connectivity index (χ0) is 2.71. The molecule has 0 aliphatic heterocycles. The van der Waals surface area contributed by atoms with Crippen LogP contribution in [0.4, 0.5) is 18.8 Å². The first kappa shape index (κ1) is 176. The summed E-state index contributed by atoms with van der Waals surface area (Å²) in [4.78, 5) is 0. The third-order valence-corrected chi connectivity index (χ3v) is 0. The van der Waals surface area contributed by atoms with Gasteiger partial charge in [-0.3, -0.25) is 18.8 Å². The van der Waals surface area contributed by atoms with E-state index in [-0.39, 0.29) is 27.2 Å². The molecule has 0 bridgehead atoms. The van der Waals surface area contributed by atoms with Crippen molar-refractivity contribution >= 4 is 8.41 Å². The fraction of sp³-hybridized carbons (Fsp3) is 0.500. The Hall–Kier alpha value is -0.725. The van der Waals surface area contributed by atoms with Gasteiger partial charge in [0.1, 0.15) is 0 Å². The zero-order valence-corrected chi connectivity index (χ0v) is 4.16. The largest absolute Gasteiger partial charge is 0.269 e. The van der Waals surface area contributed by atoms with Crippen LogP contribution in [0.5, 0.6) is 0 Å². The molecule has 0 saturated carbocycles. The number of nitrogens with zero attached hydrogens (tertiary/aromatic N) is 1. The summed E-state index contributed by atoms with van der Waals surface area (Å²) in [6, 6.07) is 1.75. The Balaban J connectivity index is -0.00000000200. The molecule has 0 N–H and O–H groups in total. The average Bonchev–Trinajstić information content (AvgIpc) is 0.918. The van der Waals surface area contributed by atoms with Gasteiger partial charge in [-0.25, -0.2) is 0 Å². The maximum atomic E-state index is 7.32. The first-order valence-electron chi connectivity index (χ1n) is 0.724. The molecule has 0 heterocycles. The summed E-state index contributed by atoms with van der Waals surface area (Å²) in [5.41, 5.74) is 0. The average molecular weight is 132 g/mol. The minimum absolute atomic E-state index is 0. The van der Waals surface area contributed by atoms with Crippen molar-refractivity contribution in [1.29, 1.82) is 5.26 Å². The highest BCUT2D eigenvalue weighted by Crippen LogP contribution is 1.21. The van der Waals surface area contributed by atoms with Crippen LogP contribution in [0.25, 0.3) is 0 Å². The third kappa shape index (κ3) is 183. The van der Waals surface area contributed by atoms with Gasteiger partial charge in [0.25, 0.3) is 0 Å². The van der Waals surface area contributed by atoms with Gasteiger partial charge in [-0.2, -0.15) is 5.26 Å². The van der Waals surface area contributed by atoms with E-state index in [1.54, 1.807) is 6.07 Å². The van der Waals surface area contributed by atoms with Gasteiger partial charge in [-0.05, 0) is 0 Å². The smallest absolute Gasteiger partial charge is 0.0587 e. The Kier molecular flexibility index (Phi) is 50900.